The molecule has 31 heavy (non-hydrogen) atoms. The molecule has 8 nitrogen and oxygen atoms in total. The molecule has 0 aliphatic carbocycles. The number of aliphatic hydroxyl groups is 1. The number of hydrogen-bond donors (Lipinski definition) is 1. The molecule has 0 radical (unpaired) electrons. The van der Waals surface area contributed by atoms with Gasteiger partial charge < -0.3 is 19.1 Å². The van der Waals surface area contributed by atoms with Crippen LogP contribution in [-0.4, -0.2) is 45.1 Å². The summed E-state index contributed by atoms with van der Waals surface area (Å²) < 4.78 is 28.3. The topological polar surface area (TPSA) is 95.6 Å². The molecule has 0 unspecified atom stereocenters. The Labute approximate surface area is 179 Å². The summed E-state index contributed by atoms with van der Waals surface area (Å²) >= 11 is 0. The number of nitrogens with zero attached hydrogens (tertiary/aromatic N) is 3. The van der Waals surface area contributed by atoms with Crippen LogP contribution in [0, 0.1) is 12.7 Å². The van der Waals surface area contributed by atoms with Crippen molar-refractivity contribution in [2.45, 2.75) is 33.3 Å². The van der Waals surface area contributed by atoms with E-state index in [9.17, 15) is 14.7 Å². The summed E-state index contributed by atoms with van der Waals surface area (Å²) in [5, 5.41) is 14.9. The third-order valence-corrected chi connectivity index (χ3v) is 5.40. The van der Waals surface area contributed by atoms with Gasteiger partial charge in [-0.25, -0.2) is 9.18 Å². The smallest absolute Gasteiger partial charge is 0.354 e. The van der Waals surface area contributed by atoms with Crippen molar-refractivity contribution < 1.29 is 28.6 Å². The van der Waals surface area contributed by atoms with Crippen LogP contribution in [0.25, 0.3) is 22.0 Å². The maximum Gasteiger partial charge on any atom is 0.354 e. The van der Waals surface area contributed by atoms with Crippen molar-refractivity contribution in [3.63, 3.8) is 0 Å². The Balaban J connectivity index is 2.28. The number of ether oxygens (including phenoxy) is 2. The lowest BCUT2D eigenvalue weighted by molar-refractivity contribution is -0.141. The van der Waals surface area contributed by atoms with Crippen LogP contribution in [0.3, 0.4) is 0 Å². The molecule has 0 aliphatic rings. The molecule has 0 aliphatic heterocycles. The van der Waals surface area contributed by atoms with Crippen molar-refractivity contribution in [1.29, 1.82) is 0 Å². The molecule has 0 bridgehead atoms. The van der Waals surface area contributed by atoms with E-state index in [-0.39, 0.29) is 24.7 Å². The molecule has 3 rings (SSSR count). The van der Waals surface area contributed by atoms with Crippen LogP contribution in [0.1, 0.15) is 40.8 Å². The summed E-state index contributed by atoms with van der Waals surface area (Å²) in [6.07, 6.45) is 0.919. The number of benzene rings is 1. The van der Waals surface area contributed by atoms with Gasteiger partial charge in [0.25, 0.3) is 0 Å². The lowest BCUT2D eigenvalue weighted by Crippen LogP contribution is -2.11. The van der Waals surface area contributed by atoms with E-state index < -0.39 is 11.8 Å². The number of carbonyl (C=O) groups is 2. The number of fused-ring (bicyclic) bond motifs is 1. The quantitative estimate of drug-likeness (QED) is 0.457. The predicted molar refractivity (Wildman–Crippen MR) is 112 cm³/mol. The fraction of sp³-hybridized carbons (Fsp3) is 0.409. The first-order valence-corrected chi connectivity index (χ1v) is 9.88. The van der Waals surface area contributed by atoms with E-state index in [1.807, 2.05) is 0 Å². The van der Waals surface area contributed by atoms with Crippen molar-refractivity contribution in [2.75, 3.05) is 13.7 Å². The van der Waals surface area contributed by atoms with E-state index in [1.54, 1.807) is 31.7 Å². The minimum Gasteiger partial charge on any atom is -0.466 e. The zero-order valence-corrected chi connectivity index (χ0v) is 18.3. The van der Waals surface area contributed by atoms with Gasteiger partial charge in [0.05, 0.1) is 37.2 Å². The lowest BCUT2D eigenvalue weighted by Gasteiger charge is -2.10. The maximum absolute atomic E-state index is 15.2. The zero-order valence-electron chi connectivity index (χ0n) is 18.3. The Morgan fingerprint density at radius 1 is 1.23 bits per heavy atom. The first-order valence-electron chi connectivity index (χ1n) is 9.88. The van der Waals surface area contributed by atoms with Crippen LogP contribution in [0.15, 0.2) is 12.1 Å². The molecule has 0 atom stereocenters. The number of carbonyl (C=O) groups excluding carboxylic acids is 2. The number of rotatable bonds is 7. The second kappa shape index (κ2) is 8.89. The largest absolute Gasteiger partial charge is 0.466 e. The van der Waals surface area contributed by atoms with Crippen molar-refractivity contribution in [3.05, 3.63) is 40.6 Å². The van der Waals surface area contributed by atoms with E-state index in [0.717, 1.165) is 0 Å². The third kappa shape index (κ3) is 3.93. The summed E-state index contributed by atoms with van der Waals surface area (Å²) in [6, 6.07) is 2.98. The summed E-state index contributed by atoms with van der Waals surface area (Å²) in [4.78, 5) is 23.7. The van der Waals surface area contributed by atoms with Crippen molar-refractivity contribution in [3.8, 4) is 11.1 Å². The van der Waals surface area contributed by atoms with E-state index in [4.69, 9.17) is 9.47 Å². The van der Waals surface area contributed by atoms with Gasteiger partial charge >= 0.3 is 11.9 Å². The van der Waals surface area contributed by atoms with Crippen LogP contribution in [0.2, 0.25) is 0 Å². The highest BCUT2D eigenvalue weighted by Crippen LogP contribution is 2.39. The molecule has 0 fully saturated rings. The Morgan fingerprint density at radius 2 is 1.94 bits per heavy atom. The van der Waals surface area contributed by atoms with E-state index >= 15 is 4.39 Å². The molecule has 2 heterocycles. The summed E-state index contributed by atoms with van der Waals surface area (Å²) in [5.41, 5.74) is 3.30. The molecule has 0 spiro atoms. The highest BCUT2D eigenvalue weighted by Gasteiger charge is 2.27. The second-order valence-electron chi connectivity index (χ2n) is 7.33. The van der Waals surface area contributed by atoms with Crippen LogP contribution >= 0.6 is 0 Å². The normalized spacial score (nSPS) is 11.2. The molecular weight excluding hydrogens is 405 g/mol. The number of methoxy groups -OCH3 is 1. The van der Waals surface area contributed by atoms with Crippen LogP contribution in [0.4, 0.5) is 4.39 Å². The summed E-state index contributed by atoms with van der Waals surface area (Å²) in [5.74, 6) is -1.40. The molecule has 166 valence electrons. The highest BCUT2D eigenvalue weighted by atomic mass is 19.1. The Bertz CT molecular complexity index is 1160. The number of halogens is 1. The molecule has 0 amide bonds. The molecule has 0 saturated heterocycles. The first-order chi connectivity index (χ1) is 14.7. The fourth-order valence-corrected chi connectivity index (χ4v) is 4.13. The fourth-order valence-electron chi connectivity index (χ4n) is 4.13. The van der Waals surface area contributed by atoms with Gasteiger partial charge in [0.1, 0.15) is 11.5 Å². The Kier molecular flexibility index (Phi) is 6.45. The predicted octanol–water partition coefficient (Wildman–Crippen LogP) is 2.80. The molecule has 3 aromatic rings. The lowest BCUT2D eigenvalue weighted by atomic mass is 9.97. The molecule has 0 saturated carbocycles. The average molecular weight is 431 g/mol. The summed E-state index contributed by atoms with van der Waals surface area (Å²) in [6.45, 7) is 2.97. The van der Waals surface area contributed by atoms with Gasteiger partial charge in [-0.3, -0.25) is 9.48 Å². The molecule has 2 aromatic heterocycles. The van der Waals surface area contributed by atoms with E-state index in [1.165, 1.54) is 24.8 Å². The summed E-state index contributed by atoms with van der Waals surface area (Å²) in [7, 11) is 4.65. The zero-order chi connectivity index (χ0) is 22.9. The third-order valence-electron chi connectivity index (χ3n) is 5.40. The van der Waals surface area contributed by atoms with Gasteiger partial charge in [0.15, 0.2) is 0 Å². The number of aliphatic hydroxyl groups excluding tert-OH is 1. The highest BCUT2D eigenvalue weighted by molar-refractivity contribution is 6.05. The van der Waals surface area contributed by atoms with Crippen molar-refractivity contribution in [2.24, 2.45) is 14.1 Å². The standard InChI is InChI=1S/C22H26FN3O5/c1-12-18(17(11-27)26(4)24-12)19-16(23)9-8-15-14(7-6-10-31-13(2)28)21(22(29)30-5)25(3)20(15)19/h8-9,27H,6-7,10-11H2,1-5H3. The van der Waals surface area contributed by atoms with Gasteiger partial charge in [0.2, 0.25) is 0 Å². The number of hydrogen-bond acceptors (Lipinski definition) is 6. The van der Waals surface area contributed by atoms with Gasteiger partial charge in [-0.15, -0.1) is 0 Å². The van der Waals surface area contributed by atoms with Crippen LogP contribution in [0.5, 0.6) is 0 Å². The van der Waals surface area contributed by atoms with Crippen molar-refractivity contribution in [1.82, 2.24) is 14.3 Å². The monoisotopic (exact) mass is 431 g/mol. The number of esters is 2. The van der Waals surface area contributed by atoms with Gasteiger partial charge in [-0.05, 0) is 37.5 Å². The van der Waals surface area contributed by atoms with E-state index in [2.05, 4.69) is 5.10 Å². The van der Waals surface area contributed by atoms with Gasteiger partial charge in [0, 0.05) is 37.5 Å². The maximum atomic E-state index is 15.2. The molecule has 1 aromatic carbocycles. The SMILES string of the molecule is COC(=O)c1c(CCCOC(C)=O)c2ccc(F)c(-c3c(C)nn(C)c3CO)c2n1C. The van der Waals surface area contributed by atoms with E-state index in [0.29, 0.717) is 52.0 Å². The number of aryl methyl sites for hydroxylation is 4. The van der Waals surface area contributed by atoms with Gasteiger partial charge in [-0.2, -0.15) is 5.10 Å². The second-order valence-corrected chi connectivity index (χ2v) is 7.33. The van der Waals surface area contributed by atoms with Crippen LogP contribution in [-0.2, 0) is 41.4 Å². The Morgan fingerprint density at radius 3 is 2.55 bits per heavy atom. The molecular formula is C22H26FN3O5. The minimum absolute atomic E-state index is 0.205. The Hall–Kier alpha value is -3.20. The molecule has 1 N–H and O–H groups in total. The van der Waals surface area contributed by atoms with Crippen LogP contribution < -0.4 is 0 Å². The first kappa shape index (κ1) is 22.5. The molecule has 9 heteroatoms. The minimum atomic E-state index is -0.544. The van der Waals surface area contributed by atoms with Crippen molar-refractivity contribution >= 4 is 22.8 Å². The average Bonchev–Trinajstić information content (AvgIpc) is 3.17. The number of aromatic nitrogens is 3. The van der Waals surface area contributed by atoms with Gasteiger partial charge in [-0.1, -0.05) is 0 Å².